The number of rotatable bonds is 3. The Morgan fingerprint density at radius 3 is 2.80 bits per heavy atom. The highest BCUT2D eigenvalue weighted by Crippen LogP contribution is 2.13. The molecular formula is C8H10BrN3O3. The second-order valence-electron chi connectivity index (χ2n) is 2.76. The molecule has 0 saturated carbocycles. The first kappa shape index (κ1) is 11.7. The maximum Gasteiger partial charge on any atom is 0.325 e. The summed E-state index contributed by atoms with van der Waals surface area (Å²) in [5.41, 5.74) is 0.237. The zero-order chi connectivity index (χ0) is 11.4. The van der Waals surface area contributed by atoms with E-state index in [0.29, 0.717) is 4.47 Å². The van der Waals surface area contributed by atoms with Crippen molar-refractivity contribution >= 4 is 27.8 Å². The molecule has 0 aromatic carbocycles. The summed E-state index contributed by atoms with van der Waals surface area (Å²) in [4.78, 5) is 22.2. The molecule has 1 aromatic rings. The third-order valence-electron chi connectivity index (χ3n) is 1.62. The molecule has 0 unspecified atom stereocenters. The Kier molecular flexibility index (Phi) is 3.84. The van der Waals surface area contributed by atoms with E-state index in [1.807, 2.05) is 0 Å². The topological polar surface area (TPSA) is 73.2 Å². The van der Waals surface area contributed by atoms with Crippen LogP contribution in [0.15, 0.2) is 10.7 Å². The molecule has 7 heteroatoms. The Morgan fingerprint density at radius 2 is 2.33 bits per heavy atom. The van der Waals surface area contributed by atoms with E-state index in [4.69, 9.17) is 0 Å². The van der Waals surface area contributed by atoms with Crippen LogP contribution in [0.1, 0.15) is 10.5 Å². The van der Waals surface area contributed by atoms with E-state index in [1.165, 1.54) is 11.8 Å². The van der Waals surface area contributed by atoms with Gasteiger partial charge < -0.3 is 10.1 Å². The lowest BCUT2D eigenvalue weighted by Gasteiger charge is -2.01. The lowest BCUT2D eigenvalue weighted by molar-refractivity contribution is -0.139. The fourth-order valence-corrected chi connectivity index (χ4v) is 1.48. The normalized spacial score (nSPS) is 9.80. The predicted octanol–water partition coefficient (Wildman–Crippen LogP) is 0.0854. The lowest BCUT2D eigenvalue weighted by Crippen LogP contribution is -2.30. The molecule has 0 fully saturated rings. The summed E-state index contributed by atoms with van der Waals surface area (Å²) in [7, 11) is 2.95. The smallest absolute Gasteiger partial charge is 0.325 e. The van der Waals surface area contributed by atoms with E-state index in [1.54, 1.807) is 13.2 Å². The minimum absolute atomic E-state index is 0.168. The minimum atomic E-state index is -0.504. The quantitative estimate of drug-likeness (QED) is 0.794. The first-order valence-corrected chi connectivity index (χ1v) is 4.88. The summed E-state index contributed by atoms with van der Waals surface area (Å²) in [5, 5.41) is 6.30. The Bertz CT molecular complexity index is 388. The zero-order valence-electron chi connectivity index (χ0n) is 8.28. The SMILES string of the molecule is COC(=O)CNC(=O)c1nn(C)cc1Br. The number of aromatic nitrogens is 2. The second kappa shape index (κ2) is 4.92. The molecule has 1 heterocycles. The molecule has 1 amide bonds. The average Bonchev–Trinajstić information content (AvgIpc) is 2.53. The van der Waals surface area contributed by atoms with Crippen molar-refractivity contribution in [3.05, 3.63) is 16.4 Å². The minimum Gasteiger partial charge on any atom is -0.468 e. The van der Waals surface area contributed by atoms with Crippen molar-refractivity contribution in [1.82, 2.24) is 15.1 Å². The number of amides is 1. The molecule has 0 aliphatic heterocycles. The van der Waals surface area contributed by atoms with Crippen molar-refractivity contribution in [2.24, 2.45) is 7.05 Å². The zero-order valence-corrected chi connectivity index (χ0v) is 9.87. The summed E-state index contributed by atoms with van der Waals surface area (Å²) in [6, 6.07) is 0. The number of ether oxygens (including phenoxy) is 1. The standard InChI is InChI=1S/C8H10BrN3O3/c1-12-4-5(9)7(11-12)8(14)10-3-6(13)15-2/h4H,3H2,1-2H3,(H,10,14). The molecule has 0 atom stereocenters. The van der Waals surface area contributed by atoms with Gasteiger partial charge in [0.1, 0.15) is 6.54 Å². The van der Waals surface area contributed by atoms with E-state index >= 15 is 0 Å². The van der Waals surface area contributed by atoms with Crippen molar-refractivity contribution in [3.8, 4) is 0 Å². The van der Waals surface area contributed by atoms with Gasteiger partial charge in [-0.25, -0.2) is 0 Å². The summed E-state index contributed by atoms with van der Waals surface area (Å²) in [6.45, 7) is -0.168. The third-order valence-corrected chi connectivity index (χ3v) is 2.20. The molecule has 0 saturated heterocycles. The molecule has 0 radical (unpaired) electrons. The van der Waals surface area contributed by atoms with Crippen LogP contribution in [0.25, 0.3) is 0 Å². The van der Waals surface area contributed by atoms with Gasteiger partial charge in [-0.2, -0.15) is 5.10 Å². The van der Waals surface area contributed by atoms with Crippen LogP contribution in [0, 0.1) is 0 Å². The van der Waals surface area contributed by atoms with Crippen LogP contribution in [0.5, 0.6) is 0 Å². The van der Waals surface area contributed by atoms with Gasteiger partial charge in [0.15, 0.2) is 5.69 Å². The van der Waals surface area contributed by atoms with E-state index in [-0.39, 0.29) is 12.2 Å². The number of hydrogen-bond donors (Lipinski definition) is 1. The van der Waals surface area contributed by atoms with Crippen LogP contribution in [0.3, 0.4) is 0 Å². The van der Waals surface area contributed by atoms with Crippen molar-refractivity contribution in [1.29, 1.82) is 0 Å². The van der Waals surface area contributed by atoms with Gasteiger partial charge in [-0.1, -0.05) is 0 Å². The number of carbonyl (C=O) groups excluding carboxylic acids is 2. The molecule has 0 bridgehead atoms. The maximum atomic E-state index is 11.5. The van der Waals surface area contributed by atoms with Gasteiger partial charge in [0, 0.05) is 13.2 Å². The molecular weight excluding hydrogens is 266 g/mol. The number of nitrogens with zero attached hydrogens (tertiary/aromatic N) is 2. The van der Waals surface area contributed by atoms with Gasteiger partial charge in [0.2, 0.25) is 0 Å². The summed E-state index contributed by atoms with van der Waals surface area (Å²) < 4.78 is 6.45. The van der Waals surface area contributed by atoms with E-state index in [2.05, 4.69) is 31.1 Å². The monoisotopic (exact) mass is 275 g/mol. The third kappa shape index (κ3) is 3.05. The number of hydrogen-bond acceptors (Lipinski definition) is 4. The van der Waals surface area contributed by atoms with Crippen LogP contribution < -0.4 is 5.32 Å². The molecule has 82 valence electrons. The van der Waals surface area contributed by atoms with Gasteiger partial charge in [-0.3, -0.25) is 14.3 Å². The Hall–Kier alpha value is -1.37. The molecule has 6 nitrogen and oxygen atoms in total. The first-order chi connectivity index (χ1) is 7.04. The molecule has 0 aliphatic carbocycles. The van der Waals surface area contributed by atoms with Gasteiger partial charge in [0.05, 0.1) is 11.6 Å². The number of halogens is 1. The number of nitrogens with one attached hydrogen (secondary N) is 1. The predicted molar refractivity (Wildman–Crippen MR) is 55.3 cm³/mol. The number of aryl methyl sites for hydroxylation is 1. The van der Waals surface area contributed by atoms with E-state index < -0.39 is 11.9 Å². The molecule has 0 aliphatic rings. The van der Waals surface area contributed by atoms with Crippen LogP contribution in [0.4, 0.5) is 0 Å². The van der Waals surface area contributed by atoms with Gasteiger partial charge in [-0.15, -0.1) is 0 Å². The lowest BCUT2D eigenvalue weighted by atomic mass is 10.4. The highest BCUT2D eigenvalue weighted by molar-refractivity contribution is 9.10. The highest BCUT2D eigenvalue weighted by atomic mass is 79.9. The molecule has 1 aromatic heterocycles. The summed E-state index contributed by atoms with van der Waals surface area (Å²) in [5.74, 6) is -0.928. The first-order valence-electron chi connectivity index (χ1n) is 4.08. The fraction of sp³-hybridized carbons (Fsp3) is 0.375. The van der Waals surface area contributed by atoms with Crippen molar-refractivity contribution in [3.63, 3.8) is 0 Å². The van der Waals surface area contributed by atoms with Crippen molar-refractivity contribution < 1.29 is 14.3 Å². The second-order valence-corrected chi connectivity index (χ2v) is 3.61. The average molecular weight is 276 g/mol. The van der Waals surface area contributed by atoms with Crippen molar-refractivity contribution in [2.75, 3.05) is 13.7 Å². The summed E-state index contributed by atoms with van der Waals surface area (Å²) in [6.07, 6.45) is 1.65. The number of esters is 1. The Morgan fingerprint density at radius 1 is 1.67 bits per heavy atom. The number of carbonyl (C=O) groups is 2. The fourth-order valence-electron chi connectivity index (χ4n) is 0.922. The molecule has 1 rings (SSSR count). The molecule has 1 N–H and O–H groups in total. The highest BCUT2D eigenvalue weighted by Gasteiger charge is 2.14. The van der Waals surface area contributed by atoms with Crippen LogP contribution in [-0.4, -0.2) is 35.3 Å². The van der Waals surface area contributed by atoms with Crippen LogP contribution in [-0.2, 0) is 16.6 Å². The summed E-state index contributed by atoms with van der Waals surface area (Å²) >= 11 is 3.18. The van der Waals surface area contributed by atoms with Gasteiger partial charge in [0.25, 0.3) is 5.91 Å². The van der Waals surface area contributed by atoms with E-state index in [9.17, 15) is 9.59 Å². The van der Waals surface area contributed by atoms with Crippen LogP contribution >= 0.6 is 15.9 Å². The maximum absolute atomic E-state index is 11.5. The van der Waals surface area contributed by atoms with Gasteiger partial charge >= 0.3 is 5.97 Å². The Balaban J connectivity index is 2.61. The van der Waals surface area contributed by atoms with Crippen molar-refractivity contribution in [2.45, 2.75) is 0 Å². The largest absolute Gasteiger partial charge is 0.468 e. The number of methoxy groups -OCH3 is 1. The molecule has 15 heavy (non-hydrogen) atoms. The van der Waals surface area contributed by atoms with Gasteiger partial charge in [-0.05, 0) is 15.9 Å². The van der Waals surface area contributed by atoms with Crippen LogP contribution in [0.2, 0.25) is 0 Å². The Labute approximate surface area is 94.7 Å². The van der Waals surface area contributed by atoms with E-state index in [0.717, 1.165) is 0 Å². The molecule has 0 spiro atoms.